The van der Waals surface area contributed by atoms with Crippen molar-refractivity contribution in [2.75, 3.05) is 32.2 Å². The molecule has 2 aromatic carbocycles. The number of ether oxygens (including phenoxy) is 4. The molecule has 0 bridgehead atoms. The molecule has 0 aliphatic rings. The smallest absolute Gasteiger partial charge is 0.344 e. The van der Waals surface area contributed by atoms with Crippen LogP contribution in [-0.2, 0) is 14.3 Å². The number of carbonyl (C=O) groups is 2. The highest BCUT2D eigenvalue weighted by molar-refractivity contribution is 5.95. The van der Waals surface area contributed by atoms with Crippen LogP contribution in [0.5, 0.6) is 17.2 Å². The van der Waals surface area contributed by atoms with Crippen LogP contribution in [-0.4, -0.2) is 43.7 Å². The monoisotopic (exact) mass is 404 g/mol. The van der Waals surface area contributed by atoms with Crippen molar-refractivity contribution < 1.29 is 33.5 Å². The molecule has 10 heteroatoms. The van der Waals surface area contributed by atoms with E-state index in [1.165, 1.54) is 25.3 Å². The van der Waals surface area contributed by atoms with E-state index in [2.05, 4.69) is 5.32 Å². The van der Waals surface area contributed by atoms with Gasteiger partial charge in [0.15, 0.2) is 24.7 Å². The zero-order chi connectivity index (χ0) is 21.2. The Labute approximate surface area is 166 Å². The molecule has 154 valence electrons. The number of nitro groups is 1. The van der Waals surface area contributed by atoms with E-state index in [9.17, 15) is 19.7 Å². The maximum atomic E-state index is 12.0. The highest BCUT2D eigenvalue weighted by Gasteiger charge is 2.18. The SMILES string of the molecule is CCOc1ccccc1OCC(=O)OCC(=O)Nc1ccc(OC)cc1[N+](=O)[O-]. The fourth-order valence-corrected chi connectivity index (χ4v) is 2.25. The van der Waals surface area contributed by atoms with Gasteiger partial charge in [-0.25, -0.2) is 4.79 Å². The summed E-state index contributed by atoms with van der Waals surface area (Å²) in [5.41, 5.74) is -0.390. The Bertz CT molecular complexity index is 884. The summed E-state index contributed by atoms with van der Waals surface area (Å²) in [6.45, 7) is 1.19. The standard InChI is InChI=1S/C19H20N2O8/c1-3-27-16-6-4-5-7-17(16)28-12-19(23)29-11-18(22)20-14-9-8-13(26-2)10-15(14)21(24)25/h4-10H,3,11-12H2,1-2H3,(H,20,22). The fraction of sp³-hybridized carbons (Fsp3) is 0.263. The lowest BCUT2D eigenvalue weighted by atomic mass is 10.2. The van der Waals surface area contributed by atoms with E-state index in [0.29, 0.717) is 18.1 Å². The summed E-state index contributed by atoms with van der Waals surface area (Å²) >= 11 is 0. The molecule has 0 fully saturated rings. The van der Waals surface area contributed by atoms with Crippen LogP contribution < -0.4 is 19.5 Å². The quantitative estimate of drug-likeness (QED) is 0.364. The molecule has 0 aromatic heterocycles. The van der Waals surface area contributed by atoms with Crippen molar-refractivity contribution in [3.05, 3.63) is 52.6 Å². The molecule has 2 rings (SSSR count). The molecule has 0 saturated carbocycles. The van der Waals surface area contributed by atoms with Gasteiger partial charge in [-0.05, 0) is 31.2 Å². The second-order valence-electron chi connectivity index (χ2n) is 5.52. The summed E-state index contributed by atoms with van der Waals surface area (Å²) in [7, 11) is 1.37. The largest absolute Gasteiger partial charge is 0.496 e. The van der Waals surface area contributed by atoms with Crippen LogP contribution in [0.4, 0.5) is 11.4 Å². The minimum Gasteiger partial charge on any atom is -0.496 e. The van der Waals surface area contributed by atoms with E-state index < -0.39 is 30.0 Å². The van der Waals surface area contributed by atoms with Crippen LogP contribution in [0.15, 0.2) is 42.5 Å². The van der Waals surface area contributed by atoms with Crippen molar-refractivity contribution in [2.45, 2.75) is 6.92 Å². The average Bonchev–Trinajstić information content (AvgIpc) is 2.72. The first-order valence-corrected chi connectivity index (χ1v) is 8.57. The normalized spacial score (nSPS) is 10.0. The van der Waals surface area contributed by atoms with Gasteiger partial charge in [0.2, 0.25) is 0 Å². The predicted octanol–water partition coefficient (Wildman–Crippen LogP) is 2.56. The average molecular weight is 404 g/mol. The third kappa shape index (κ3) is 6.38. The first-order valence-electron chi connectivity index (χ1n) is 8.57. The van der Waals surface area contributed by atoms with Gasteiger partial charge in [0.05, 0.1) is 24.7 Å². The number of anilines is 1. The molecule has 0 aliphatic heterocycles. The lowest BCUT2D eigenvalue weighted by Gasteiger charge is -2.11. The Morgan fingerprint density at radius 2 is 1.76 bits per heavy atom. The Morgan fingerprint density at radius 3 is 2.38 bits per heavy atom. The van der Waals surface area contributed by atoms with Crippen molar-refractivity contribution >= 4 is 23.3 Å². The van der Waals surface area contributed by atoms with Gasteiger partial charge >= 0.3 is 5.97 Å². The second-order valence-corrected chi connectivity index (χ2v) is 5.52. The molecule has 0 atom stereocenters. The van der Waals surface area contributed by atoms with Gasteiger partial charge in [-0.1, -0.05) is 12.1 Å². The van der Waals surface area contributed by atoms with Crippen molar-refractivity contribution in [2.24, 2.45) is 0 Å². The second kappa shape index (κ2) is 10.5. The molecule has 1 N–H and O–H groups in total. The zero-order valence-electron chi connectivity index (χ0n) is 15.9. The maximum absolute atomic E-state index is 12.0. The van der Waals surface area contributed by atoms with Crippen LogP contribution in [0.1, 0.15) is 6.92 Å². The molecular weight excluding hydrogens is 384 g/mol. The summed E-state index contributed by atoms with van der Waals surface area (Å²) in [6.07, 6.45) is 0. The number of hydrogen-bond donors (Lipinski definition) is 1. The molecule has 0 unspecified atom stereocenters. The van der Waals surface area contributed by atoms with Crippen LogP contribution >= 0.6 is 0 Å². The van der Waals surface area contributed by atoms with Gasteiger partial charge in [-0.15, -0.1) is 0 Å². The molecule has 10 nitrogen and oxygen atoms in total. The maximum Gasteiger partial charge on any atom is 0.344 e. The summed E-state index contributed by atoms with van der Waals surface area (Å²) < 4.78 is 20.5. The summed E-state index contributed by atoms with van der Waals surface area (Å²) in [5, 5.41) is 13.4. The minimum absolute atomic E-state index is 0.0428. The molecule has 0 spiro atoms. The fourth-order valence-electron chi connectivity index (χ4n) is 2.25. The van der Waals surface area contributed by atoms with Gasteiger partial charge in [0.25, 0.3) is 11.6 Å². The van der Waals surface area contributed by atoms with Crippen LogP contribution in [0, 0.1) is 10.1 Å². The van der Waals surface area contributed by atoms with Crippen molar-refractivity contribution in [3.8, 4) is 17.2 Å². The number of nitrogens with one attached hydrogen (secondary N) is 1. The number of hydrogen-bond acceptors (Lipinski definition) is 8. The highest BCUT2D eigenvalue weighted by Crippen LogP contribution is 2.29. The zero-order valence-corrected chi connectivity index (χ0v) is 15.9. The molecule has 2 aromatic rings. The third-order valence-corrected chi connectivity index (χ3v) is 3.53. The van der Waals surface area contributed by atoms with E-state index in [1.807, 2.05) is 6.92 Å². The van der Waals surface area contributed by atoms with E-state index >= 15 is 0 Å². The van der Waals surface area contributed by atoms with Crippen molar-refractivity contribution in [1.29, 1.82) is 0 Å². The predicted molar refractivity (Wildman–Crippen MR) is 102 cm³/mol. The Morgan fingerprint density at radius 1 is 1.07 bits per heavy atom. The number of amides is 1. The summed E-state index contributed by atoms with van der Waals surface area (Å²) in [5.74, 6) is -0.403. The van der Waals surface area contributed by atoms with E-state index in [1.54, 1.807) is 24.3 Å². The van der Waals surface area contributed by atoms with E-state index in [0.717, 1.165) is 0 Å². The number of rotatable bonds is 10. The Hall–Kier alpha value is -3.82. The van der Waals surface area contributed by atoms with Crippen molar-refractivity contribution in [1.82, 2.24) is 0 Å². The Kier molecular flexibility index (Phi) is 7.78. The van der Waals surface area contributed by atoms with Gasteiger partial charge < -0.3 is 24.3 Å². The minimum atomic E-state index is -0.782. The van der Waals surface area contributed by atoms with Gasteiger partial charge in [0, 0.05) is 0 Å². The lowest BCUT2D eigenvalue weighted by Crippen LogP contribution is -2.24. The van der Waals surface area contributed by atoms with Crippen LogP contribution in [0.25, 0.3) is 0 Å². The van der Waals surface area contributed by atoms with E-state index in [4.69, 9.17) is 18.9 Å². The molecular formula is C19H20N2O8. The Balaban J connectivity index is 1.87. The molecule has 0 saturated heterocycles. The van der Waals surface area contributed by atoms with Gasteiger partial charge in [-0.2, -0.15) is 0 Å². The number of benzene rings is 2. The first-order chi connectivity index (χ1) is 13.9. The number of nitro benzene ring substituents is 1. The van der Waals surface area contributed by atoms with Crippen LogP contribution in [0.3, 0.4) is 0 Å². The molecule has 29 heavy (non-hydrogen) atoms. The lowest BCUT2D eigenvalue weighted by molar-refractivity contribution is -0.384. The van der Waals surface area contributed by atoms with E-state index in [-0.39, 0.29) is 17.1 Å². The number of methoxy groups -OCH3 is 1. The third-order valence-electron chi connectivity index (χ3n) is 3.53. The topological polar surface area (TPSA) is 126 Å². The summed E-state index contributed by atoms with van der Waals surface area (Å²) in [4.78, 5) is 34.2. The summed E-state index contributed by atoms with van der Waals surface area (Å²) in [6, 6.07) is 10.8. The molecule has 1 amide bonds. The van der Waals surface area contributed by atoms with Gasteiger partial charge in [-0.3, -0.25) is 14.9 Å². The van der Waals surface area contributed by atoms with Gasteiger partial charge in [0.1, 0.15) is 11.4 Å². The number of carbonyl (C=O) groups excluding carboxylic acids is 2. The number of esters is 1. The number of para-hydroxylation sites is 2. The van der Waals surface area contributed by atoms with Crippen molar-refractivity contribution in [3.63, 3.8) is 0 Å². The van der Waals surface area contributed by atoms with Crippen LogP contribution in [0.2, 0.25) is 0 Å². The molecule has 0 heterocycles. The highest BCUT2D eigenvalue weighted by atomic mass is 16.6. The molecule has 0 aliphatic carbocycles. The first kappa shape index (κ1) is 21.5. The number of nitrogens with zero attached hydrogens (tertiary/aromatic N) is 1. The molecule has 0 radical (unpaired) electrons.